The van der Waals surface area contributed by atoms with Gasteiger partial charge in [-0.25, -0.2) is 13.2 Å². The number of benzene rings is 1. The molecule has 2 unspecified atom stereocenters. The second-order valence-corrected chi connectivity index (χ2v) is 11.9. The summed E-state index contributed by atoms with van der Waals surface area (Å²) in [7, 11) is -4.38. The number of aromatic hydroxyl groups is 1. The van der Waals surface area contributed by atoms with Crippen molar-refractivity contribution in [1.82, 2.24) is 9.21 Å². The highest BCUT2D eigenvalue weighted by Crippen LogP contribution is 2.41. The van der Waals surface area contributed by atoms with Crippen LogP contribution >= 0.6 is 11.6 Å². The first-order valence-electron chi connectivity index (χ1n) is 11.6. The van der Waals surface area contributed by atoms with Crippen molar-refractivity contribution < 1.29 is 32.5 Å². The molecule has 2 aliphatic rings. The normalized spacial score (nSPS) is 20.6. The van der Waals surface area contributed by atoms with Gasteiger partial charge in [0.1, 0.15) is 16.2 Å². The van der Waals surface area contributed by atoms with Crippen molar-refractivity contribution >= 4 is 39.1 Å². The lowest BCUT2D eigenvalue weighted by atomic mass is 10.1. The molecule has 2 N–H and O–H groups in total. The molecule has 202 valence electrons. The summed E-state index contributed by atoms with van der Waals surface area (Å²) in [6, 6.07) is 1.92. The van der Waals surface area contributed by atoms with E-state index in [4.69, 9.17) is 25.8 Å². The molecule has 0 spiro atoms. The van der Waals surface area contributed by atoms with E-state index < -0.39 is 55.4 Å². The monoisotopic (exact) mass is 557 g/mol. The van der Waals surface area contributed by atoms with Gasteiger partial charge in [-0.15, -0.1) is 0 Å². The van der Waals surface area contributed by atoms with Gasteiger partial charge < -0.3 is 24.6 Å². The molecule has 2 aromatic carbocycles. The van der Waals surface area contributed by atoms with Crippen molar-refractivity contribution in [3.8, 4) is 11.5 Å². The Morgan fingerprint density at radius 3 is 2.59 bits per heavy atom. The molecule has 2 fully saturated rings. The number of fused-ring (bicyclic) bond motifs is 1. The summed E-state index contributed by atoms with van der Waals surface area (Å²) in [5.74, 6) is -0.933. The van der Waals surface area contributed by atoms with E-state index in [-0.39, 0.29) is 55.0 Å². The molecule has 12 nitrogen and oxygen atoms in total. The second kappa shape index (κ2) is 9.78. The molecule has 2 heterocycles. The quantitative estimate of drug-likeness (QED) is 0.397. The Morgan fingerprint density at radius 2 is 1.95 bits per heavy atom. The number of sulfonamides is 1. The minimum Gasteiger partial charge on any atom is -0.504 e. The van der Waals surface area contributed by atoms with E-state index >= 15 is 0 Å². The van der Waals surface area contributed by atoms with Gasteiger partial charge in [0, 0.05) is 19.6 Å². The van der Waals surface area contributed by atoms with Crippen molar-refractivity contribution in [2.45, 2.75) is 50.3 Å². The maximum absolute atomic E-state index is 13.6. The first-order valence-corrected chi connectivity index (χ1v) is 13.4. The van der Waals surface area contributed by atoms with Gasteiger partial charge in [-0.3, -0.25) is 14.5 Å². The van der Waals surface area contributed by atoms with Gasteiger partial charge in [0.2, 0.25) is 10.0 Å². The Bertz CT molecular complexity index is 1400. The molecule has 0 bridgehead atoms. The van der Waals surface area contributed by atoms with Crippen LogP contribution in [0.15, 0.2) is 26.6 Å². The molecule has 2 aromatic rings. The molecular formula is C23H28ClN3O9S. The number of morpholine rings is 1. The number of phenolic OH excluding ortho intramolecular Hbond substituents is 1. The van der Waals surface area contributed by atoms with Gasteiger partial charge in [-0.1, -0.05) is 11.6 Å². The predicted octanol–water partition coefficient (Wildman–Crippen LogP) is 1.79. The maximum Gasteiger partial charge on any atom is 0.410 e. The maximum atomic E-state index is 13.6. The van der Waals surface area contributed by atoms with E-state index in [1.54, 1.807) is 27.7 Å². The molecule has 0 radical (unpaired) electrons. The summed E-state index contributed by atoms with van der Waals surface area (Å²) in [5.41, 5.74) is -2.75. The van der Waals surface area contributed by atoms with Crippen LogP contribution in [0.1, 0.15) is 27.7 Å². The number of rotatable bonds is 6. The van der Waals surface area contributed by atoms with Crippen molar-refractivity contribution in [2.75, 3.05) is 38.2 Å². The largest absolute Gasteiger partial charge is 0.504 e. The topological polar surface area (TPSA) is 152 Å². The molecule has 4 rings (SSSR count). The fourth-order valence-electron chi connectivity index (χ4n) is 4.32. The molecule has 37 heavy (non-hydrogen) atoms. The lowest BCUT2D eigenvalue weighted by molar-refractivity contribution is -0.0568. The fraction of sp³-hybridized carbons (Fsp3) is 0.522. The van der Waals surface area contributed by atoms with E-state index in [2.05, 4.69) is 5.32 Å². The smallest absolute Gasteiger partial charge is 0.410 e. The number of nitrogens with zero attached hydrogens (tertiary/aromatic N) is 2. The van der Waals surface area contributed by atoms with Crippen LogP contribution in [0.25, 0.3) is 0 Å². The zero-order valence-corrected chi connectivity index (χ0v) is 22.3. The number of phenols is 1. The molecular weight excluding hydrogens is 530 g/mol. The number of carbonyl (C=O) groups is 1. The van der Waals surface area contributed by atoms with Crippen LogP contribution in [0, 0.1) is 0 Å². The Morgan fingerprint density at radius 1 is 1.24 bits per heavy atom. The van der Waals surface area contributed by atoms with E-state index in [9.17, 15) is 27.9 Å². The third-order valence-corrected chi connectivity index (χ3v) is 8.33. The Labute approximate surface area is 218 Å². The van der Waals surface area contributed by atoms with Gasteiger partial charge >= 0.3 is 6.09 Å². The van der Waals surface area contributed by atoms with Crippen LogP contribution < -0.4 is 20.9 Å². The molecule has 0 aromatic heterocycles. The van der Waals surface area contributed by atoms with Crippen molar-refractivity contribution in [3.05, 3.63) is 37.6 Å². The summed E-state index contributed by atoms with van der Waals surface area (Å²) in [6.07, 6.45) is -1.17. The van der Waals surface area contributed by atoms with Crippen LogP contribution in [0.4, 0.5) is 16.2 Å². The van der Waals surface area contributed by atoms with Gasteiger partial charge in [0.25, 0.3) is 10.9 Å². The highest BCUT2D eigenvalue weighted by atomic mass is 35.5. The van der Waals surface area contributed by atoms with Crippen LogP contribution in [-0.4, -0.2) is 79.4 Å². The summed E-state index contributed by atoms with van der Waals surface area (Å²) < 4.78 is 44.7. The number of ether oxygens (including phenoxy) is 3. The molecule has 2 atom stereocenters. The Hall–Kier alpha value is -2.87. The van der Waals surface area contributed by atoms with Gasteiger partial charge in [-0.2, -0.15) is 4.31 Å². The third kappa shape index (κ3) is 5.00. The van der Waals surface area contributed by atoms with Crippen LogP contribution in [0.3, 0.4) is 0 Å². The zero-order chi connectivity index (χ0) is 27.3. The number of hydrogen-bond donors (Lipinski definition) is 2. The lowest BCUT2D eigenvalue weighted by Gasteiger charge is -2.37. The fourth-order valence-corrected chi connectivity index (χ4v) is 6.38. The van der Waals surface area contributed by atoms with E-state index in [0.29, 0.717) is 0 Å². The SMILES string of the molecule is CCOc1c(Nc2ccc(Cl)c(S(=O)(=O)N3CC4OCCN(C(=O)OC(C)(C)C)C4C3)c2O)c(=O)c1=O. The summed E-state index contributed by atoms with van der Waals surface area (Å²) in [5, 5.41) is 13.2. The van der Waals surface area contributed by atoms with E-state index in [1.165, 1.54) is 17.0 Å². The van der Waals surface area contributed by atoms with Crippen LogP contribution in [0.2, 0.25) is 5.02 Å². The number of nitrogens with one attached hydrogen (secondary N) is 1. The highest BCUT2D eigenvalue weighted by molar-refractivity contribution is 7.89. The average Bonchev–Trinajstić information content (AvgIpc) is 3.26. The van der Waals surface area contributed by atoms with Crippen molar-refractivity contribution in [3.63, 3.8) is 0 Å². The standard InChI is InChI=1S/C23H28ClN3O9S/c1-5-34-20-16(18(29)19(20)30)25-13-7-6-12(24)21(17(13)28)37(32,33)26-10-14-15(11-26)35-9-8-27(14)22(31)36-23(2,3)4/h6-7,14-15,25,28H,5,8-11H2,1-4H3. The van der Waals surface area contributed by atoms with Gasteiger partial charge in [0.05, 0.1) is 36.1 Å². The molecule has 14 heteroatoms. The first-order chi connectivity index (χ1) is 17.3. The minimum absolute atomic E-state index is 0.0770. The number of amides is 1. The highest BCUT2D eigenvalue weighted by Gasteiger charge is 2.48. The molecule has 2 saturated heterocycles. The Balaban J connectivity index is 1.62. The molecule has 2 aliphatic heterocycles. The van der Waals surface area contributed by atoms with Crippen LogP contribution in [0.5, 0.6) is 11.5 Å². The zero-order valence-electron chi connectivity index (χ0n) is 20.7. The second-order valence-electron chi connectivity index (χ2n) is 9.67. The molecule has 0 saturated carbocycles. The first kappa shape index (κ1) is 27.2. The van der Waals surface area contributed by atoms with Crippen molar-refractivity contribution in [1.29, 1.82) is 0 Å². The minimum atomic E-state index is -4.38. The van der Waals surface area contributed by atoms with Crippen molar-refractivity contribution in [2.24, 2.45) is 0 Å². The van der Waals surface area contributed by atoms with E-state index in [1.807, 2.05) is 0 Å². The average molecular weight is 558 g/mol. The van der Waals surface area contributed by atoms with Crippen LogP contribution in [-0.2, 0) is 19.5 Å². The number of anilines is 2. The molecule has 0 aliphatic carbocycles. The third-order valence-electron chi connectivity index (χ3n) is 5.99. The van der Waals surface area contributed by atoms with Gasteiger partial charge in [0.15, 0.2) is 11.5 Å². The van der Waals surface area contributed by atoms with Gasteiger partial charge in [-0.05, 0) is 39.8 Å². The Kier molecular flexibility index (Phi) is 7.18. The van der Waals surface area contributed by atoms with E-state index in [0.717, 1.165) is 4.31 Å². The number of hydrogen-bond acceptors (Lipinski definition) is 10. The predicted molar refractivity (Wildman–Crippen MR) is 134 cm³/mol. The summed E-state index contributed by atoms with van der Waals surface area (Å²) in [4.78, 5) is 37.4. The summed E-state index contributed by atoms with van der Waals surface area (Å²) in [6.45, 7) is 7.24. The number of halogens is 1. The molecule has 1 amide bonds. The lowest BCUT2D eigenvalue weighted by Crippen LogP contribution is -2.54. The number of carbonyl (C=O) groups excluding carboxylic acids is 1. The summed E-state index contributed by atoms with van der Waals surface area (Å²) >= 11 is 6.22.